The van der Waals surface area contributed by atoms with E-state index in [-0.39, 0.29) is 68.7 Å². The molecule has 0 fully saturated rings. The van der Waals surface area contributed by atoms with Gasteiger partial charge in [0.2, 0.25) is 0 Å². The highest BCUT2D eigenvalue weighted by Gasteiger charge is 2.22. The average molecular weight is 686 g/mol. The van der Waals surface area contributed by atoms with Crippen LogP contribution in [0.15, 0.2) is 51.2 Å². The summed E-state index contributed by atoms with van der Waals surface area (Å²) in [7, 11) is 4.21. The van der Waals surface area contributed by atoms with Crippen molar-refractivity contribution in [2.45, 2.75) is 25.3 Å². The molecule has 264 valence electrons. The molecule has 7 N–H and O–H groups in total. The van der Waals surface area contributed by atoms with E-state index in [0.717, 1.165) is 13.7 Å². The third kappa shape index (κ3) is 9.80. The number of rotatable bonds is 16. The molecule has 1 atom stereocenters. The van der Waals surface area contributed by atoms with Crippen LogP contribution in [-0.2, 0) is 25.9 Å². The summed E-state index contributed by atoms with van der Waals surface area (Å²) in [6.45, 7) is 0.140. The molecule has 0 radical (unpaired) electrons. The lowest BCUT2D eigenvalue weighted by atomic mass is 10.1. The SMILES string of the molecule is Cn1ccc(C(=O)NCCN(CCNC(=O)c2ccn(C)c(=O)c2O)CC(CCCC(=O)O)NC(=O)c2ccn(C)c(=O)c2O)c(O)c1=O. The number of carbonyl (C=O) groups is 4. The minimum Gasteiger partial charge on any atom is -0.502 e. The van der Waals surface area contributed by atoms with Crippen LogP contribution >= 0.6 is 0 Å². The van der Waals surface area contributed by atoms with Crippen LogP contribution in [0.2, 0.25) is 0 Å². The highest BCUT2D eigenvalue weighted by molar-refractivity contribution is 5.97. The Labute approximate surface area is 278 Å². The number of amides is 3. The number of aromatic nitrogens is 3. The molecule has 18 heteroatoms. The van der Waals surface area contributed by atoms with Gasteiger partial charge in [0.1, 0.15) is 0 Å². The van der Waals surface area contributed by atoms with Gasteiger partial charge in [-0.15, -0.1) is 0 Å². The van der Waals surface area contributed by atoms with E-state index in [4.69, 9.17) is 5.11 Å². The van der Waals surface area contributed by atoms with Crippen molar-refractivity contribution in [3.8, 4) is 17.2 Å². The van der Waals surface area contributed by atoms with Gasteiger partial charge in [-0.2, -0.15) is 0 Å². The topological polar surface area (TPSA) is 255 Å². The van der Waals surface area contributed by atoms with Gasteiger partial charge in [-0.05, 0) is 31.0 Å². The first-order valence-corrected chi connectivity index (χ1v) is 15.1. The van der Waals surface area contributed by atoms with Crippen LogP contribution in [0.5, 0.6) is 17.2 Å². The van der Waals surface area contributed by atoms with E-state index in [0.29, 0.717) is 0 Å². The second-order valence-corrected chi connectivity index (χ2v) is 11.3. The maximum atomic E-state index is 13.1. The normalized spacial score (nSPS) is 11.6. The van der Waals surface area contributed by atoms with Gasteiger partial charge in [0.25, 0.3) is 34.4 Å². The van der Waals surface area contributed by atoms with Crippen molar-refractivity contribution in [2.24, 2.45) is 21.1 Å². The van der Waals surface area contributed by atoms with E-state index in [2.05, 4.69) is 16.0 Å². The fourth-order valence-electron chi connectivity index (χ4n) is 4.82. The molecule has 0 aromatic carbocycles. The third-order valence-electron chi connectivity index (χ3n) is 7.65. The summed E-state index contributed by atoms with van der Waals surface area (Å²) in [5, 5.41) is 47.6. The summed E-state index contributed by atoms with van der Waals surface area (Å²) < 4.78 is 3.28. The molecule has 3 rings (SSSR count). The van der Waals surface area contributed by atoms with E-state index >= 15 is 0 Å². The molecule has 1 unspecified atom stereocenters. The van der Waals surface area contributed by atoms with Crippen LogP contribution in [0.3, 0.4) is 0 Å². The summed E-state index contributed by atoms with van der Waals surface area (Å²) in [6, 6.07) is 3.05. The van der Waals surface area contributed by atoms with Gasteiger partial charge in [0.15, 0.2) is 17.2 Å². The molecule has 0 bridgehead atoms. The number of hydrogen-bond donors (Lipinski definition) is 7. The van der Waals surface area contributed by atoms with Crippen molar-refractivity contribution in [2.75, 3.05) is 32.7 Å². The predicted molar refractivity (Wildman–Crippen MR) is 174 cm³/mol. The minimum atomic E-state index is -1.06. The van der Waals surface area contributed by atoms with Crippen LogP contribution in [0.25, 0.3) is 0 Å². The third-order valence-corrected chi connectivity index (χ3v) is 7.65. The Bertz CT molecular complexity index is 1810. The zero-order valence-electron chi connectivity index (χ0n) is 27.1. The van der Waals surface area contributed by atoms with Crippen molar-refractivity contribution in [3.05, 3.63) is 84.5 Å². The molecule has 3 aromatic rings. The minimum absolute atomic E-state index is 0.0387. The lowest BCUT2D eigenvalue weighted by molar-refractivity contribution is -0.137. The fourth-order valence-corrected chi connectivity index (χ4v) is 4.82. The van der Waals surface area contributed by atoms with Gasteiger partial charge in [-0.3, -0.25) is 38.5 Å². The smallest absolute Gasteiger partial charge is 0.303 e. The zero-order chi connectivity index (χ0) is 36.4. The number of carboxylic acids is 1. The Morgan fingerprint density at radius 2 is 1.08 bits per heavy atom. The number of aryl methyl sites for hydroxylation is 3. The summed E-state index contributed by atoms with van der Waals surface area (Å²) in [5.41, 5.74) is -3.12. The van der Waals surface area contributed by atoms with E-state index in [9.17, 15) is 48.9 Å². The number of carboxylic acid groups (broad SMARTS) is 1. The van der Waals surface area contributed by atoms with Gasteiger partial charge in [0, 0.05) is 84.9 Å². The van der Waals surface area contributed by atoms with Gasteiger partial charge in [0.05, 0.1) is 16.7 Å². The summed E-state index contributed by atoms with van der Waals surface area (Å²) >= 11 is 0. The Hall–Kier alpha value is -5.91. The van der Waals surface area contributed by atoms with Crippen molar-refractivity contribution in [3.63, 3.8) is 0 Å². The second kappa shape index (κ2) is 16.8. The first-order valence-electron chi connectivity index (χ1n) is 15.1. The first kappa shape index (κ1) is 37.5. The number of nitrogens with one attached hydrogen (secondary N) is 3. The number of aliphatic carboxylic acids is 1. The molecule has 0 saturated carbocycles. The van der Waals surface area contributed by atoms with Crippen molar-refractivity contribution in [1.29, 1.82) is 0 Å². The van der Waals surface area contributed by atoms with E-state index in [1.165, 1.54) is 57.9 Å². The molecule has 3 heterocycles. The van der Waals surface area contributed by atoms with Crippen LogP contribution in [0, 0.1) is 0 Å². The van der Waals surface area contributed by atoms with Crippen LogP contribution in [-0.4, -0.2) is 101 Å². The van der Waals surface area contributed by atoms with E-state index in [1.54, 1.807) is 4.90 Å². The highest BCUT2D eigenvalue weighted by Crippen LogP contribution is 2.13. The summed E-state index contributed by atoms with van der Waals surface area (Å²) in [6.07, 6.45) is 4.02. The molecular formula is C31H39N7O11. The maximum absolute atomic E-state index is 13.1. The maximum Gasteiger partial charge on any atom is 0.303 e. The molecule has 3 amide bonds. The number of aromatic hydroxyl groups is 3. The molecule has 0 saturated heterocycles. The number of pyridine rings is 3. The fraction of sp³-hybridized carbons (Fsp3) is 0.387. The summed E-state index contributed by atoms with van der Waals surface area (Å²) in [4.78, 5) is 87.9. The Balaban J connectivity index is 1.80. The van der Waals surface area contributed by atoms with E-state index < -0.39 is 63.7 Å². The predicted octanol–water partition coefficient (Wildman–Crippen LogP) is -1.59. The molecule has 0 aliphatic heterocycles. The number of nitrogens with zero attached hydrogens (tertiary/aromatic N) is 4. The first-order chi connectivity index (χ1) is 23.1. The Kier molecular flexibility index (Phi) is 12.9. The quantitative estimate of drug-likeness (QED) is 0.0902. The van der Waals surface area contributed by atoms with Crippen molar-refractivity contribution >= 4 is 23.7 Å². The van der Waals surface area contributed by atoms with Gasteiger partial charge < -0.3 is 50.1 Å². The number of hydrogen-bond acceptors (Lipinski definition) is 11. The summed E-state index contributed by atoms with van der Waals surface area (Å²) in [5.74, 6) is -5.57. The van der Waals surface area contributed by atoms with Crippen LogP contribution in [0.1, 0.15) is 50.3 Å². The molecule has 3 aromatic heterocycles. The monoisotopic (exact) mass is 685 g/mol. The lowest BCUT2D eigenvalue weighted by Gasteiger charge is -2.28. The second-order valence-electron chi connectivity index (χ2n) is 11.3. The van der Waals surface area contributed by atoms with Gasteiger partial charge in [-0.25, -0.2) is 0 Å². The largest absolute Gasteiger partial charge is 0.502 e. The lowest BCUT2D eigenvalue weighted by Crippen LogP contribution is -2.48. The molecule has 0 spiro atoms. The molecular weight excluding hydrogens is 646 g/mol. The van der Waals surface area contributed by atoms with Gasteiger partial charge >= 0.3 is 5.97 Å². The number of carbonyl (C=O) groups excluding carboxylic acids is 3. The molecule has 0 aliphatic carbocycles. The van der Waals surface area contributed by atoms with Crippen LogP contribution in [0.4, 0.5) is 0 Å². The molecule has 49 heavy (non-hydrogen) atoms. The average Bonchev–Trinajstić information content (AvgIpc) is 3.04. The highest BCUT2D eigenvalue weighted by atomic mass is 16.4. The van der Waals surface area contributed by atoms with Crippen LogP contribution < -0.4 is 32.6 Å². The Morgan fingerprint density at radius 1 is 0.694 bits per heavy atom. The zero-order valence-corrected chi connectivity index (χ0v) is 27.1. The van der Waals surface area contributed by atoms with E-state index in [1.807, 2.05) is 0 Å². The molecule has 0 aliphatic rings. The van der Waals surface area contributed by atoms with Crippen molar-refractivity contribution < 1.29 is 39.6 Å². The van der Waals surface area contributed by atoms with Crippen molar-refractivity contribution in [1.82, 2.24) is 34.6 Å². The van der Waals surface area contributed by atoms with Gasteiger partial charge in [-0.1, -0.05) is 0 Å². The standard InChI is InChI=1S/C31H39N7O11/c1-35-12-7-19(23(41)29(35)47)26(44)32-10-15-38(16-11-33-27(45)20-8-13-36(2)30(48)24(20)42)17-18(5-4-6-22(39)40)34-28(46)21-9-14-37(3)31(49)25(21)43/h7-9,12-14,18,41-43H,4-6,10-11,15-17H2,1-3H3,(H,32,44)(H,33,45)(H,34,46)(H,39,40). The molecule has 18 nitrogen and oxygen atoms in total. The Morgan fingerprint density at radius 3 is 1.47 bits per heavy atom.